The maximum atomic E-state index is 12.8. The van der Waals surface area contributed by atoms with E-state index in [1.807, 2.05) is 50.2 Å². The van der Waals surface area contributed by atoms with Crippen molar-refractivity contribution in [1.82, 2.24) is 15.0 Å². The second-order valence-corrected chi connectivity index (χ2v) is 6.96. The summed E-state index contributed by atoms with van der Waals surface area (Å²) in [7, 11) is 0. The van der Waals surface area contributed by atoms with Crippen molar-refractivity contribution in [2.45, 2.75) is 32.8 Å². The average molecular weight is 415 g/mol. The Labute approximate surface area is 181 Å². The van der Waals surface area contributed by atoms with Crippen molar-refractivity contribution in [2.24, 2.45) is 0 Å². The van der Waals surface area contributed by atoms with Crippen molar-refractivity contribution in [1.29, 1.82) is 0 Å². The molecule has 5 rings (SSSR count). The van der Waals surface area contributed by atoms with Gasteiger partial charge in [0.25, 0.3) is 0 Å². The van der Waals surface area contributed by atoms with Crippen LogP contribution in [0.2, 0.25) is 0 Å². The second kappa shape index (κ2) is 9.53. The van der Waals surface area contributed by atoms with Gasteiger partial charge in [0.15, 0.2) is 5.82 Å². The van der Waals surface area contributed by atoms with Crippen molar-refractivity contribution in [3.63, 3.8) is 0 Å². The van der Waals surface area contributed by atoms with E-state index in [0.29, 0.717) is 23.0 Å². The van der Waals surface area contributed by atoms with Crippen LogP contribution in [0.4, 0.5) is 0 Å². The molecule has 0 spiro atoms. The molecule has 158 valence electrons. The van der Waals surface area contributed by atoms with Gasteiger partial charge in [-0.15, -0.1) is 0 Å². The molecular formula is C25H25N3O3. The first-order chi connectivity index (χ1) is 15.3. The summed E-state index contributed by atoms with van der Waals surface area (Å²) in [4.78, 5) is 24.6. The number of hydrogen-bond acceptors (Lipinski definition) is 5. The van der Waals surface area contributed by atoms with Gasteiger partial charge in [0.1, 0.15) is 5.75 Å². The summed E-state index contributed by atoms with van der Waals surface area (Å²) in [6.45, 7) is 4.76. The van der Waals surface area contributed by atoms with Crippen molar-refractivity contribution in [3.8, 4) is 11.6 Å². The zero-order chi connectivity index (χ0) is 21.6. The van der Waals surface area contributed by atoms with Gasteiger partial charge < -0.3 is 14.5 Å². The Bertz CT molecular complexity index is 1130. The predicted octanol–water partition coefficient (Wildman–Crippen LogP) is 5.86. The topological polar surface area (TPSA) is 77.1 Å². The van der Waals surface area contributed by atoms with Crippen molar-refractivity contribution in [3.05, 3.63) is 83.8 Å². The van der Waals surface area contributed by atoms with E-state index in [1.165, 1.54) is 0 Å². The summed E-state index contributed by atoms with van der Waals surface area (Å²) in [5.74, 6) is 1.32. The monoisotopic (exact) mass is 415 g/mol. The smallest absolute Gasteiger partial charge is 0.228 e. The molecule has 1 fully saturated rings. The van der Waals surface area contributed by atoms with Crippen LogP contribution in [-0.4, -0.2) is 27.3 Å². The lowest BCUT2D eigenvalue weighted by atomic mass is 10.1. The second-order valence-electron chi connectivity index (χ2n) is 6.96. The standard InChI is InChI=1S/C23H19N3O3.C2H6/c27-21(22-25-18-6-1-2-7-19(18)26-22)15-9-11-16(12-10-15)29-23-17(5-3-13-24-23)20-8-4-14-28-20;1-2/h1-3,5-7,9-13,20H,4,8,14H2,(H,25,26);1-2H3. The largest absolute Gasteiger partial charge is 0.439 e. The maximum Gasteiger partial charge on any atom is 0.228 e. The van der Waals surface area contributed by atoms with E-state index in [1.54, 1.807) is 30.5 Å². The van der Waals surface area contributed by atoms with Crippen LogP contribution in [0.1, 0.15) is 54.5 Å². The van der Waals surface area contributed by atoms with Crippen LogP contribution in [0, 0.1) is 0 Å². The van der Waals surface area contributed by atoms with E-state index in [4.69, 9.17) is 9.47 Å². The van der Waals surface area contributed by atoms with E-state index in [9.17, 15) is 4.79 Å². The molecule has 1 saturated heterocycles. The van der Waals surface area contributed by atoms with Gasteiger partial charge >= 0.3 is 0 Å². The van der Waals surface area contributed by atoms with E-state index in [2.05, 4.69) is 15.0 Å². The highest BCUT2D eigenvalue weighted by molar-refractivity contribution is 6.08. The molecule has 31 heavy (non-hydrogen) atoms. The number of aromatic amines is 1. The molecule has 6 nitrogen and oxygen atoms in total. The lowest BCUT2D eigenvalue weighted by Crippen LogP contribution is -2.04. The molecule has 0 saturated carbocycles. The van der Waals surface area contributed by atoms with Crippen molar-refractivity contribution < 1.29 is 14.3 Å². The summed E-state index contributed by atoms with van der Waals surface area (Å²) in [6, 6.07) is 18.5. The molecule has 1 aliphatic heterocycles. The quantitative estimate of drug-likeness (QED) is 0.413. The Balaban J connectivity index is 0.00000112. The molecule has 4 aromatic rings. The summed E-state index contributed by atoms with van der Waals surface area (Å²) in [6.07, 6.45) is 3.73. The Hall–Kier alpha value is -3.51. The number of aromatic nitrogens is 3. The van der Waals surface area contributed by atoms with Crippen molar-refractivity contribution >= 4 is 16.8 Å². The minimum Gasteiger partial charge on any atom is -0.439 e. The molecule has 1 N–H and O–H groups in total. The number of nitrogens with zero attached hydrogens (tertiary/aromatic N) is 2. The lowest BCUT2D eigenvalue weighted by molar-refractivity contribution is 0.103. The molecule has 1 atom stereocenters. The Morgan fingerprint density at radius 1 is 1.06 bits per heavy atom. The zero-order valence-electron chi connectivity index (χ0n) is 17.7. The van der Waals surface area contributed by atoms with Crippen molar-refractivity contribution in [2.75, 3.05) is 6.61 Å². The Morgan fingerprint density at radius 3 is 2.61 bits per heavy atom. The summed E-state index contributed by atoms with van der Waals surface area (Å²) >= 11 is 0. The van der Waals surface area contributed by atoms with Crippen LogP contribution >= 0.6 is 0 Å². The predicted molar refractivity (Wildman–Crippen MR) is 120 cm³/mol. The molecule has 2 aromatic heterocycles. The number of benzene rings is 2. The number of ether oxygens (including phenoxy) is 2. The van der Waals surface area contributed by atoms with Gasteiger partial charge in [0, 0.05) is 23.9 Å². The lowest BCUT2D eigenvalue weighted by Gasteiger charge is -2.14. The van der Waals surface area contributed by atoms with Gasteiger partial charge in [0.2, 0.25) is 11.7 Å². The first kappa shape index (κ1) is 20.8. The number of carbonyl (C=O) groups is 1. The minimum absolute atomic E-state index is 0.0210. The van der Waals surface area contributed by atoms with E-state index in [0.717, 1.165) is 36.0 Å². The highest BCUT2D eigenvalue weighted by atomic mass is 16.5. The number of ketones is 1. The fourth-order valence-corrected chi connectivity index (χ4v) is 3.54. The number of rotatable bonds is 5. The molecule has 6 heteroatoms. The number of nitrogens with one attached hydrogen (secondary N) is 1. The highest BCUT2D eigenvalue weighted by Crippen LogP contribution is 2.35. The van der Waals surface area contributed by atoms with Gasteiger partial charge in [-0.1, -0.05) is 26.0 Å². The summed E-state index contributed by atoms with van der Waals surface area (Å²) in [5, 5.41) is 0. The number of hydrogen-bond donors (Lipinski definition) is 1. The van der Waals surface area contributed by atoms with Crippen LogP contribution in [0.25, 0.3) is 11.0 Å². The summed E-state index contributed by atoms with van der Waals surface area (Å²) < 4.78 is 11.8. The maximum absolute atomic E-state index is 12.8. The van der Waals surface area contributed by atoms with Crippen LogP contribution in [-0.2, 0) is 4.74 Å². The Morgan fingerprint density at radius 2 is 1.87 bits per heavy atom. The van der Waals surface area contributed by atoms with Crippen LogP contribution < -0.4 is 4.74 Å². The molecule has 1 aliphatic rings. The molecular weight excluding hydrogens is 390 g/mol. The van der Waals surface area contributed by atoms with Gasteiger partial charge in [-0.3, -0.25) is 4.79 Å². The van der Waals surface area contributed by atoms with Crippen LogP contribution in [0.5, 0.6) is 11.6 Å². The molecule has 1 unspecified atom stereocenters. The molecule has 0 amide bonds. The van der Waals surface area contributed by atoms with Gasteiger partial charge in [0.05, 0.1) is 17.1 Å². The number of imidazole rings is 1. The SMILES string of the molecule is CC.O=C(c1ccc(Oc2ncccc2C2CCCO2)cc1)c1nc2ccccc2[nH]1. The third-order valence-electron chi connectivity index (χ3n) is 5.01. The zero-order valence-corrected chi connectivity index (χ0v) is 17.7. The number of pyridine rings is 1. The van der Waals surface area contributed by atoms with Gasteiger partial charge in [-0.2, -0.15) is 0 Å². The first-order valence-electron chi connectivity index (χ1n) is 10.6. The number of para-hydroxylation sites is 2. The van der Waals surface area contributed by atoms with Crippen LogP contribution in [0.15, 0.2) is 66.9 Å². The number of H-pyrrole nitrogens is 1. The third-order valence-corrected chi connectivity index (χ3v) is 5.01. The molecule has 3 heterocycles. The third kappa shape index (κ3) is 4.49. The number of fused-ring (bicyclic) bond motifs is 1. The summed E-state index contributed by atoms with van der Waals surface area (Å²) in [5.41, 5.74) is 3.10. The highest BCUT2D eigenvalue weighted by Gasteiger charge is 2.22. The fourth-order valence-electron chi connectivity index (χ4n) is 3.54. The molecule has 0 bridgehead atoms. The Kier molecular flexibility index (Phi) is 6.38. The molecule has 2 aromatic carbocycles. The van der Waals surface area contributed by atoms with E-state index < -0.39 is 0 Å². The van der Waals surface area contributed by atoms with E-state index >= 15 is 0 Å². The minimum atomic E-state index is -0.161. The van der Waals surface area contributed by atoms with Crippen LogP contribution in [0.3, 0.4) is 0 Å². The number of carbonyl (C=O) groups excluding carboxylic acids is 1. The van der Waals surface area contributed by atoms with E-state index in [-0.39, 0.29) is 11.9 Å². The molecule has 0 radical (unpaired) electrons. The first-order valence-corrected chi connectivity index (χ1v) is 10.6. The molecule has 0 aliphatic carbocycles. The fraction of sp³-hybridized carbons (Fsp3) is 0.240. The van der Waals surface area contributed by atoms with Gasteiger partial charge in [-0.05, 0) is 61.4 Å². The van der Waals surface area contributed by atoms with Gasteiger partial charge in [-0.25, -0.2) is 9.97 Å². The average Bonchev–Trinajstić information content (AvgIpc) is 3.51. The normalized spacial score (nSPS) is 15.4.